The SMILES string of the molecule is CCCNC(=O)Nc1ccc2c(c1)OC[C@@H](C)N(Cc1cncnc1)C[C@@H](C)[C@@H](OC)CN(C)C2=O. The van der Waals surface area contributed by atoms with E-state index in [1.54, 1.807) is 37.3 Å². The van der Waals surface area contributed by atoms with Crippen molar-refractivity contribution in [3.8, 4) is 5.75 Å². The first kappa shape index (κ1) is 27.3. The Kier molecular flexibility index (Phi) is 10.0. The van der Waals surface area contributed by atoms with Crippen LogP contribution in [-0.4, -0.2) is 84.3 Å². The molecular weight excluding hydrogens is 460 g/mol. The zero-order valence-corrected chi connectivity index (χ0v) is 21.9. The van der Waals surface area contributed by atoms with E-state index < -0.39 is 0 Å². The summed E-state index contributed by atoms with van der Waals surface area (Å²) >= 11 is 0. The molecule has 2 heterocycles. The number of aromatic nitrogens is 2. The molecule has 0 radical (unpaired) electrons. The van der Waals surface area contributed by atoms with Gasteiger partial charge in [-0.3, -0.25) is 9.69 Å². The van der Waals surface area contributed by atoms with Crippen molar-refractivity contribution in [1.82, 2.24) is 25.1 Å². The number of fused-ring (bicyclic) bond motifs is 1. The zero-order valence-electron chi connectivity index (χ0n) is 21.9. The van der Waals surface area contributed by atoms with Gasteiger partial charge in [0.25, 0.3) is 5.91 Å². The predicted molar refractivity (Wildman–Crippen MR) is 138 cm³/mol. The second-order valence-electron chi connectivity index (χ2n) is 9.37. The second-order valence-corrected chi connectivity index (χ2v) is 9.37. The standard InChI is InChI=1S/C26H38N6O4/c1-6-9-29-26(34)30-21-7-8-22-23(10-21)36-16-19(3)32(14-20-11-27-17-28-12-20)13-18(2)24(35-5)15-31(4)25(22)33/h7-8,10-12,17-19,24H,6,9,13-16H2,1-5H3,(H2,29,30,34)/t18-,19-,24+/m1/s1. The Hall–Kier alpha value is -3.24. The van der Waals surface area contributed by atoms with E-state index in [2.05, 4.69) is 39.3 Å². The van der Waals surface area contributed by atoms with Gasteiger partial charge in [0.2, 0.25) is 0 Å². The lowest BCUT2D eigenvalue weighted by molar-refractivity contribution is 0.00918. The van der Waals surface area contributed by atoms with Gasteiger partial charge in [0.05, 0.1) is 11.7 Å². The Morgan fingerprint density at radius 1 is 1.22 bits per heavy atom. The van der Waals surface area contributed by atoms with E-state index in [0.717, 1.165) is 18.5 Å². The highest BCUT2D eigenvalue weighted by molar-refractivity contribution is 5.98. The summed E-state index contributed by atoms with van der Waals surface area (Å²) in [5, 5.41) is 5.60. The van der Waals surface area contributed by atoms with Gasteiger partial charge in [0, 0.05) is 76.1 Å². The third kappa shape index (κ3) is 7.38. The van der Waals surface area contributed by atoms with Crippen molar-refractivity contribution in [3.05, 3.63) is 48.0 Å². The van der Waals surface area contributed by atoms with Gasteiger partial charge >= 0.3 is 6.03 Å². The monoisotopic (exact) mass is 498 g/mol. The lowest BCUT2D eigenvalue weighted by Crippen LogP contribution is -2.46. The van der Waals surface area contributed by atoms with E-state index in [9.17, 15) is 9.59 Å². The summed E-state index contributed by atoms with van der Waals surface area (Å²) in [5.74, 6) is 0.426. The van der Waals surface area contributed by atoms with E-state index in [1.807, 2.05) is 19.3 Å². The maximum atomic E-state index is 13.3. The van der Waals surface area contributed by atoms with Gasteiger partial charge in [-0.05, 0) is 31.4 Å². The average molecular weight is 499 g/mol. The van der Waals surface area contributed by atoms with Crippen LogP contribution in [0.15, 0.2) is 36.9 Å². The number of benzene rings is 1. The first-order chi connectivity index (χ1) is 17.3. The van der Waals surface area contributed by atoms with Crippen LogP contribution in [0.3, 0.4) is 0 Å². The van der Waals surface area contributed by atoms with Crippen molar-refractivity contribution < 1.29 is 19.1 Å². The number of amides is 3. The van der Waals surface area contributed by atoms with Gasteiger partial charge in [0.15, 0.2) is 0 Å². The highest BCUT2D eigenvalue weighted by Gasteiger charge is 2.28. The molecule has 10 nitrogen and oxygen atoms in total. The molecule has 36 heavy (non-hydrogen) atoms. The molecule has 1 aliphatic rings. The van der Waals surface area contributed by atoms with Crippen LogP contribution >= 0.6 is 0 Å². The highest BCUT2D eigenvalue weighted by Crippen LogP contribution is 2.27. The number of ether oxygens (including phenoxy) is 2. The molecule has 1 aromatic heterocycles. The highest BCUT2D eigenvalue weighted by atomic mass is 16.5. The van der Waals surface area contributed by atoms with E-state index in [1.165, 1.54) is 6.33 Å². The van der Waals surface area contributed by atoms with Crippen molar-refractivity contribution in [2.45, 2.75) is 45.9 Å². The lowest BCUT2D eigenvalue weighted by atomic mass is 10.0. The van der Waals surface area contributed by atoms with Gasteiger partial charge < -0.3 is 25.0 Å². The molecule has 10 heteroatoms. The number of hydrogen-bond donors (Lipinski definition) is 2. The summed E-state index contributed by atoms with van der Waals surface area (Å²) < 4.78 is 12.0. The largest absolute Gasteiger partial charge is 0.491 e. The van der Waals surface area contributed by atoms with Crippen LogP contribution in [0.2, 0.25) is 0 Å². The quantitative estimate of drug-likeness (QED) is 0.630. The predicted octanol–water partition coefficient (Wildman–Crippen LogP) is 3.01. The van der Waals surface area contributed by atoms with Gasteiger partial charge in [-0.1, -0.05) is 13.8 Å². The van der Waals surface area contributed by atoms with Crippen molar-refractivity contribution >= 4 is 17.6 Å². The molecule has 3 amide bonds. The summed E-state index contributed by atoms with van der Waals surface area (Å²) in [6, 6.07) is 4.85. The number of rotatable bonds is 6. The fraction of sp³-hybridized carbons (Fsp3) is 0.538. The molecule has 0 aliphatic carbocycles. The molecule has 0 saturated carbocycles. The van der Waals surface area contributed by atoms with E-state index in [4.69, 9.17) is 9.47 Å². The smallest absolute Gasteiger partial charge is 0.319 e. The molecule has 1 aromatic carbocycles. The zero-order chi connectivity index (χ0) is 26.1. The van der Waals surface area contributed by atoms with Crippen LogP contribution in [0.1, 0.15) is 43.1 Å². The number of carbonyl (C=O) groups is 2. The van der Waals surface area contributed by atoms with Crippen LogP contribution in [0.25, 0.3) is 0 Å². The molecule has 3 atom stereocenters. The fourth-order valence-corrected chi connectivity index (χ4v) is 4.20. The molecule has 3 rings (SSSR count). The molecule has 0 unspecified atom stereocenters. The van der Waals surface area contributed by atoms with Crippen molar-refractivity contribution in [3.63, 3.8) is 0 Å². The molecule has 0 fully saturated rings. The summed E-state index contributed by atoms with van der Waals surface area (Å²) in [6.45, 7) is 8.99. The van der Waals surface area contributed by atoms with Crippen molar-refractivity contribution in [2.75, 3.05) is 45.7 Å². The van der Waals surface area contributed by atoms with Crippen LogP contribution < -0.4 is 15.4 Å². The van der Waals surface area contributed by atoms with E-state index in [0.29, 0.717) is 43.2 Å². The Balaban J connectivity index is 1.90. The normalized spacial score (nSPS) is 21.5. The minimum absolute atomic E-state index is 0.0229. The van der Waals surface area contributed by atoms with Gasteiger partial charge in [-0.2, -0.15) is 0 Å². The van der Waals surface area contributed by atoms with E-state index in [-0.39, 0.29) is 30.0 Å². The van der Waals surface area contributed by atoms with Crippen molar-refractivity contribution in [2.24, 2.45) is 5.92 Å². The number of carbonyl (C=O) groups excluding carboxylic acids is 2. The first-order valence-electron chi connectivity index (χ1n) is 12.4. The molecular formula is C26H38N6O4. The number of likely N-dealkylation sites (N-methyl/N-ethyl adjacent to an activating group) is 1. The Morgan fingerprint density at radius 2 is 1.97 bits per heavy atom. The van der Waals surface area contributed by atoms with Crippen molar-refractivity contribution in [1.29, 1.82) is 0 Å². The maximum absolute atomic E-state index is 13.3. The Bertz CT molecular complexity index is 1010. The average Bonchev–Trinajstić information content (AvgIpc) is 2.88. The Labute approximate surface area is 213 Å². The summed E-state index contributed by atoms with van der Waals surface area (Å²) in [7, 11) is 3.45. The van der Waals surface area contributed by atoms with Crippen LogP contribution in [0.5, 0.6) is 5.75 Å². The second kappa shape index (κ2) is 13.2. The summed E-state index contributed by atoms with van der Waals surface area (Å²) in [4.78, 5) is 37.8. The maximum Gasteiger partial charge on any atom is 0.319 e. The van der Waals surface area contributed by atoms with Gasteiger partial charge in [-0.15, -0.1) is 0 Å². The number of hydrogen-bond acceptors (Lipinski definition) is 7. The minimum atomic E-state index is -0.296. The molecule has 2 aromatic rings. The number of anilines is 1. The topological polar surface area (TPSA) is 109 Å². The number of methoxy groups -OCH3 is 1. The molecule has 0 spiro atoms. The summed E-state index contributed by atoms with van der Waals surface area (Å²) in [6.07, 6.45) is 5.85. The van der Waals surface area contributed by atoms with Crippen LogP contribution in [-0.2, 0) is 11.3 Å². The van der Waals surface area contributed by atoms with E-state index >= 15 is 0 Å². The third-order valence-electron chi connectivity index (χ3n) is 6.37. The number of nitrogens with zero attached hydrogens (tertiary/aromatic N) is 4. The number of nitrogens with one attached hydrogen (secondary N) is 2. The Morgan fingerprint density at radius 3 is 2.67 bits per heavy atom. The number of urea groups is 1. The summed E-state index contributed by atoms with van der Waals surface area (Å²) in [5.41, 5.74) is 2.00. The van der Waals surface area contributed by atoms with Crippen LogP contribution in [0.4, 0.5) is 10.5 Å². The molecule has 2 N–H and O–H groups in total. The fourth-order valence-electron chi connectivity index (χ4n) is 4.20. The lowest BCUT2D eigenvalue weighted by Gasteiger charge is -2.36. The van der Waals surface area contributed by atoms with Crippen LogP contribution in [0, 0.1) is 5.92 Å². The minimum Gasteiger partial charge on any atom is -0.491 e. The molecule has 196 valence electrons. The molecule has 0 bridgehead atoms. The first-order valence-corrected chi connectivity index (χ1v) is 12.4. The third-order valence-corrected chi connectivity index (χ3v) is 6.37. The van der Waals surface area contributed by atoms with Gasteiger partial charge in [0.1, 0.15) is 18.7 Å². The molecule has 1 aliphatic heterocycles. The van der Waals surface area contributed by atoms with Gasteiger partial charge in [-0.25, -0.2) is 14.8 Å². The molecule has 0 saturated heterocycles.